The van der Waals surface area contributed by atoms with E-state index in [0.29, 0.717) is 18.8 Å². The molecule has 0 atom stereocenters. The van der Waals surface area contributed by atoms with Gasteiger partial charge in [0.05, 0.1) is 12.2 Å². The molecule has 108 valence electrons. The zero-order valence-corrected chi connectivity index (χ0v) is 12.8. The highest BCUT2D eigenvalue weighted by molar-refractivity contribution is 6.17. The summed E-state index contributed by atoms with van der Waals surface area (Å²) in [5, 5.41) is 0. The fourth-order valence-corrected chi connectivity index (χ4v) is 2.55. The maximum absolute atomic E-state index is 5.90. The molecule has 0 N–H and O–H groups in total. The first-order valence-electron chi connectivity index (χ1n) is 6.84. The van der Waals surface area contributed by atoms with Gasteiger partial charge < -0.3 is 4.57 Å². The minimum atomic E-state index is 0.533. The molecule has 0 aromatic carbocycles. The molecule has 3 aromatic rings. The highest BCUT2D eigenvalue weighted by Crippen LogP contribution is 2.19. The molecule has 0 radical (unpaired) electrons. The van der Waals surface area contributed by atoms with Crippen molar-refractivity contribution in [3.05, 3.63) is 47.4 Å². The van der Waals surface area contributed by atoms with Crippen LogP contribution in [0.1, 0.15) is 22.9 Å². The molecule has 0 aliphatic carbocycles. The number of imidazole rings is 1. The molecule has 3 aromatic heterocycles. The van der Waals surface area contributed by atoms with Crippen LogP contribution in [0, 0.1) is 13.8 Å². The summed E-state index contributed by atoms with van der Waals surface area (Å²) in [5.41, 5.74) is 3.88. The summed E-state index contributed by atoms with van der Waals surface area (Å²) in [4.78, 5) is 17.8. The normalized spacial score (nSPS) is 11.2. The highest BCUT2D eigenvalue weighted by Gasteiger charge is 2.14. The largest absolute Gasteiger partial charge is 0.307 e. The molecule has 0 bridgehead atoms. The van der Waals surface area contributed by atoms with E-state index in [1.165, 1.54) is 0 Å². The molecule has 3 rings (SSSR count). The standard InChI is InChI=1S/C15H16ClN5/c1-10-4-7-18-15-14(10)20-13(3-6-16)21(15)9-12-5-8-17-11(2)19-12/h4-5,7-8H,3,6,9H2,1-2H3. The van der Waals surface area contributed by atoms with Crippen LogP contribution in [-0.4, -0.2) is 30.4 Å². The summed E-state index contributed by atoms with van der Waals surface area (Å²) in [5.74, 6) is 2.24. The maximum atomic E-state index is 5.90. The van der Waals surface area contributed by atoms with Gasteiger partial charge in [0.15, 0.2) is 5.65 Å². The molecule has 0 saturated carbocycles. The van der Waals surface area contributed by atoms with E-state index in [0.717, 1.165) is 34.1 Å². The lowest BCUT2D eigenvalue weighted by atomic mass is 10.3. The van der Waals surface area contributed by atoms with Crippen molar-refractivity contribution in [3.63, 3.8) is 0 Å². The van der Waals surface area contributed by atoms with Crippen LogP contribution in [0.3, 0.4) is 0 Å². The first kappa shape index (κ1) is 13.9. The lowest BCUT2D eigenvalue weighted by Gasteiger charge is -2.07. The molecule has 3 heterocycles. The summed E-state index contributed by atoms with van der Waals surface area (Å²) in [6.07, 6.45) is 4.30. The summed E-state index contributed by atoms with van der Waals surface area (Å²) in [7, 11) is 0. The van der Waals surface area contributed by atoms with Gasteiger partial charge in [0.2, 0.25) is 0 Å². The van der Waals surface area contributed by atoms with E-state index in [1.807, 2.05) is 32.2 Å². The molecular formula is C15H16ClN5. The Hall–Kier alpha value is -2.01. The number of pyridine rings is 1. The van der Waals surface area contributed by atoms with Crippen LogP contribution in [0.15, 0.2) is 24.5 Å². The number of rotatable bonds is 4. The molecule has 0 aliphatic heterocycles. The third-order valence-corrected chi connectivity index (χ3v) is 3.58. The van der Waals surface area contributed by atoms with Crippen molar-refractivity contribution in [2.24, 2.45) is 0 Å². The van der Waals surface area contributed by atoms with Crippen molar-refractivity contribution < 1.29 is 0 Å². The predicted molar refractivity (Wildman–Crippen MR) is 82.6 cm³/mol. The van der Waals surface area contributed by atoms with Gasteiger partial charge in [0, 0.05) is 24.7 Å². The topological polar surface area (TPSA) is 56.5 Å². The van der Waals surface area contributed by atoms with Crippen LogP contribution in [0.5, 0.6) is 0 Å². The summed E-state index contributed by atoms with van der Waals surface area (Å²) >= 11 is 5.90. The molecule has 0 spiro atoms. The third kappa shape index (κ3) is 2.74. The van der Waals surface area contributed by atoms with Gasteiger partial charge in [0.1, 0.15) is 17.2 Å². The van der Waals surface area contributed by atoms with Crippen LogP contribution in [0.4, 0.5) is 0 Å². The molecule has 0 aliphatic rings. The zero-order chi connectivity index (χ0) is 14.8. The minimum absolute atomic E-state index is 0.533. The van der Waals surface area contributed by atoms with Gasteiger partial charge >= 0.3 is 0 Å². The number of halogens is 1. The van der Waals surface area contributed by atoms with E-state index in [-0.39, 0.29) is 0 Å². The van der Waals surface area contributed by atoms with E-state index in [4.69, 9.17) is 16.6 Å². The number of hydrogen-bond acceptors (Lipinski definition) is 4. The van der Waals surface area contributed by atoms with Crippen LogP contribution >= 0.6 is 11.6 Å². The predicted octanol–water partition coefficient (Wildman–Crippen LogP) is 2.67. The number of fused-ring (bicyclic) bond motifs is 1. The first-order chi connectivity index (χ1) is 10.2. The Morgan fingerprint density at radius 3 is 2.67 bits per heavy atom. The quantitative estimate of drug-likeness (QED) is 0.695. The molecule has 21 heavy (non-hydrogen) atoms. The van der Waals surface area contributed by atoms with Gasteiger partial charge in [-0.05, 0) is 31.5 Å². The van der Waals surface area contributed by atoms with Crippen molar-refractivity contribution >= 4 is 22.8 Å². The number of alkyl halides is 1. The van der Waals surface area contributed by atoms with Gasteiger partial charge in [-0.15, -0.1) is 11.6 Å². The lowest BCUT2D eigenvalue weighted by Crippen LogP contribution is -2.08. The van der Waals surface area contributed by atoms with E-state index >= 15 is 0 Å². The Balaban J connectivity index is 2.11. The van der Waals surface area contributed by atoms with Crippen LogP contribution in [-0.2, 0) is 13.0 Å². The fourth-order valence-electron chi connectivity index (χ4n) is 2.38. The van der Waals surface area contributed by atoms with Crippen LogP contribution in [0.2, 0.25) is 0 Å². The Morgan fingerprint density at radius 2 is 1.90 bits per heavy atom. The second-order valence-electron chi connectivity index (χ2n) is 4.95. The third-order valence-electron chi connectivity index (χ3n) is 3.39. The first-order valence-corrected chi connectivity index (χ1v) is 7.37. The minimum Gasteiger partial charge on any atom is -0.307 e. The van der Waals surface area contributed by atoms with Gasteiger partial charge in [-0.3, -0.25) is 0 Å². The molecule has 0 fully saturated rings. The van der Waals surface area contributed by atoms with Crippen molar-refractivity contribution in [3.8, 4) is 0 Å². The fraction of sp³-hybridized carbons (Fsp3) is 0.333. The van der Waals surface area contributed by atoms with Crippen LogP contribution < -0.4 is 0 Å². The van der Waals surface area contributed by atoms with Crippen molar-refractivity contribution in [1.82, 2.24) is 24.5 Å². The monoisotopic (exact) mass is 301 g/mol. The van der Waals surface area contributed by atoms with Crippen molar-refractivity contribution in [1.29, 1.82) is 0 Å². The van der Waals surface area contributed by atoms with Gasteiger partial charge in [-0.25, -0.2) is 19.9 Å². The average molecular weight is 302 g/mol. The Morgan fingerprint density at radius 1 is 1.10 bits per heavy atom. The van der Waals surface area contributed by atoms with E-state index in [2.05, 4.69) is 19.5 Å². The Bertz CT molecular complexity index is 781. The summed E-state index contributed by atoms with van der Waals surface area (Å²) in [6.45, 7) is 4.56. The Labute approximate surface area is 128 Å². The maximum Gasteiger partial charge on any atom is 0.160 e. The van der Waals surface area contributed by atoms with Gasteiger partial charge in [0.25, 0.3) is 0 Å². The van der Waals surface area contributed by atoms with Gasteiger partial charge in [-0.2, -0.15) is 0 Å². The Kier molecular flexibility index (Phi) is 3.84. The SMILES string of the molecule is Cc1nccc(Cn2c(CCCl)nc3c(C)ccnc32)n1. The molecule has 6 heteroatoms. The molecule has 0 unspecified atom stereocenters. The van der Waals surface area contributed by atoms with E-state index in [1.54, 1.807) is 6.20 Å². The molecule has 0 saturated heterocycles. The second-order valence-corrected chi connectivity index (χ2v) is 5.33. The van der Waals surface area contributed by atoms with Crippen LogP contribution in [0.25, 0.3) is 11.2 Å². The summed E-state index contributed by atoms with van der Waals surface area (Å²) in [6, 6.07) is 3.89. The summed E-state index contributed by atoms with van der Waals surface area (Å²) < 4.78 is 2.09. The highest BCUT2D eigenvalue weighted by atomic mass is 35.5. The molecular weight excluding hydrogens is 286 g/mol. The van der Waals surface area contributed by atoms with Crippen molar-refractivity contribution in [2.75, 3.05) is 5.88 Å². The van der Waals surface area contributed by atoms with Crippen molar-refractivity contribution in [2.45, 2.75) is 26.8 Å². The number of aromatic nitrogens is 5. The number of hydrogen-bond donors (Lipinski definition) is 0. The smallest absolute Gasteiger partial charge is 0.160 e. The van der Waals surface area contributed by atoms with Gasteiger partial charge in [-0.1, -0.05) is 0 Å². The number of aryl methyl sites for hydroxylation is 3. The zero-order valence-electron chi connectivity index (χ0n) is 12.0. The molecule has 0 amide bonds. The number of nitrogens with zero attached hydrogens (tertiary/aromatic N) is 5. The molecule has 5 nitrogen and oxygen atoms in total. The van der Waals surface area contributed by atoms with E-state index < -0.39 is 0 Å². The van der Waals surface area contributed by atoms with E-state index in [9.17, 15) is 0 Å². The lowest BCUT2D eigenvalue weighted by molar-refractivity contribution is 0.724. The second kappa shape index (κ2) is 5.77. The average Bonchev–Trinajstić information content (AvgIpc) is 2.79.